The van der Waals surface area contributed by atoms with E-state index in [1.807, 2.05) is 0 Å². The van der Waals surface area contributed by atoms with Crippen LogP contribution in [0.25, 0.3) is 0 Å². The highest BCUT2D eigenvalue weighted by atomic mass is 127. The summed E-state index contributed by atoms with van der Waals surface area (Å²) in [5.41, 5.74) is 0. The van der Waals surface area contributed by atoms with Crippen molar-refractivity contribution in [2.75, 3.05) is 11.0 Å². The van der Waals surface area contributed by atoms with Crippen LogP contribution in [0.3, 0.4) is 0 Å². The van der Waals surface area contributed by atoms with Gasteiger partial charge in [0.15, 0.2) is 0 Å². The number of hydrogen-bond donors (Lipinski definition) is 1. The van der Waals surface area contributed by atoms with Crippen LogP contribution in [-0.4, -0.2) is 22.3 Å². The summed E-state index contributed by atoms with van der Waals surface area (Å²) in [5, 5.41) is 3.52. The Labute approximate surface area is 73.5 Å². The molecule has 1 fully saturated rings. The predicted molar refractivity (Wildman–Crippen MR) is 49.0 cm³/mol. The van der Waals surface area contributed by atoms with Crippen LogP contribution in [0.4, 0.5) is 0 Å². The molecule has 0 aromatic carbocycles. The normalized spacial score (nSPS) is 25.4. The van der Waals surface area contributed by atoms with Crippen LogP contribution < -0.4 is 5.32 Å². The highest BCUT2D eigenvalue weighted by molar-refractivity contribution is 14.1. The molecule has 0 amide bonds. The summed E-state index contributed by atoms with van der Waals surface area (Å²) in [4.78, 5) is 0. The summed E-state index contributed by atoms with van der Waals surface area (Å²) in [6, 6.07) is 0. The molecule has 1 heterocycles. The van der Waals surface area contributed by atoms with Crippen molar-refractivity contribution in [3.63, 3.8) is 0 Å². The maximum Gasteiger partial charge on any atom is 0.257 e. The Balaban J connectivity index is 2.22. The van der Waals surface area contributed by atoms with E-state index in [2.05, 4.69) is 27.9 Å². The summed E-state index contributed by atoms with van der Waals surface area (Å²) < 4.78 is 6.35. The van der Waals surface area contributed by atoms with Crippen molar-refractivity contribution in [1.82, 2.24) is 5.32 Å². The predicted octanol–water partition coefficient (Wildman–Crippen LogP) is 1.08. The second-order valence-corrected chi connectivity index (χ2v) is 3.34. The molecule has 0 aromatic heterocycles. The zero-order valence-corrected chi connectivity index (χ0v) is 7.87. The zero-order chi connectivity index (χ0) is 6.69. The van der Waals surface area contributed by atoms with Crippen LogP contribution in [0.5, 0.6) is 0 Å². The molecule has 1 rings (SSSR count). The van der Waals surface area contributed by atoms with Crippen LogP contribution in [-0.2, 0) is 4.74 Å². The SMILES string of the molecule is S=C1NC[C@@H](CCI)O1. The monoisotopic (exact) mass is 257 g/mol. The van der Waals surface area contributed by atoms with Crippen LogP contribution in [0.2, 0.25) is 0 Å². The van der Waals surface area contributed by atoms with Crippen molar-refractivity contribution in [3.8, 4) is 0 Å². The molecule has 0 unspecified atom stereocenters. The van der Waals surface area contributed by atoms with Gasteiger partial charge in [-0.15, -0.1) is 0 Å². The molecular formula is C5H8INOS. The first-order chi connectivity index (χ1) is 4.33. The maximum atomic E-state index is 5.22. The molecule has 1 N–H and O–H groups in total. The van der Waals surface area contributed by atoms with Gasteiger partial charge in [-0.25, -0.2) is 0 Å². The van der Waals surface area contributed by atoms with Gasteiger partial charge in [0.2, 0.25) is 0 Å². The van der Waals surface area contributed by atoms with E-state index in [1.165, 1.54) is 0 Å². The molecule has 9 heavy (non-hydrogen) atoms. The van der Waals surface area contributed by atoms with E-state index in [0.717, 1.165) is 17.4 Å². The van der Waals surface area contributed by atoms with Crippen molar-refractivity contribution >= 4 is 40.0 Å². The van der Waals surface area contributed by atoms with Crippen molar-refractivity contribution < 1.29 is 4.74 Å². The second kappa shape index (κ2) is 3.55. The number of thiocarbonyl (C=S) groups is 1. The van der Waals surface area contributed by atoms with Crippen LogP contribution >= 0.6 is 34.8 Å². The summed E-state index contributed by atoms with van der Waals surface area (Å²) in [6.45, 7) is 0.891. The lowest BCUT2D eigenvalue weighted by Gasteiger charge is -2.03. The Kier molecular flexibility index (Phi) is 2.97. The average Bonchev–Trinajstić information content (AvgIpc) is 2.17. The number of nitrogens with one attached hydrogen (secondary N) is 1. The lowest BCUT2D eigenvalue weighted by atomic mass is 10.3. The first-order valence-electron chi connectivity index (χ1n) is 2.83. The van der Waals surface area contributed by atoms with Crippen molar-refractivity contribution in [2.24, 2.45) is 0 Å². The smallest absolute Gasteiger partial charge is 0.257 e. The van der Waals surface area contributed by atoms with Crippen LogP contribution in [0, 0.1) is 0 Å². The quantitative estimate of drug-likeness (QED) is 0.454. The molecule has 1 aliphatic heterocycles. The fourth-order valence-corrected chi connectivity index (χ4v) is 1.63. The third kappa shape index (κ3) is 2.25. The Bertz CT molecular complexity index is 120. The van der Waals surface area contributed by atoms with Gasteiger partial charge < -0.3 is 10.1 Å². The number of ether oxygens (including phenoxy) is 1. The van der Waals surface area contributed by atoms with E-state index < -0.39 is 0 Å². The lowest BCUT2D eigenvalue weighted by molar-refractivity contribution is 0.233. The molecule has 0 radical (unpaired) electrons. The maximum absolute atomic E-state index is 5.22. The van der Waals surface area contributed by atoms with Crippen molar-refractivity contribution in [3.05, 3.63) is 0 Å². The molecule has 0 spiro atoms. The van der Waals surface area contributed by atoms with Gasteiger partial charge in [0.05, 0.1) is 6.54 Å². The Hall–Kier alpha value is 0.420. The molecular weight excluding hydrogens is 249 g/mol. The summed E-state index contributed by atoms with van der Waals surface area (Å²) >= 11 is 7.11. The van der Waals surface area contributed by atoms with Gasteiger partial charge in [-0.05, 0) is 18.6 Å². The third-order valence-electron chi connectivity index (χ3n) is 1.18. The van der Waals surface area contributed by atoms with Crippen LogP contribution in [0.1, 0.15) is 6.42 Å². The topological polar surface area (TPSA) is 21.3 Å². The van der Waals surface area contributed by atoms with E-state index in [4.69, 9.17) is 17.0 Å². The molecule has 0 bridgehead atoms. The van der Waals surface area contributed by atoms with Gasteiger partial charge in [-0.3, -0.25) is 0 Å². The number of hydrogen-bond acceptors (Lipinski definition) is 2. The van der Waals surface area contributed by atoms with E-state index in [0.29, 0.717) is 11.3 Å². The first-order valence-corrected chi connectivity index (χ1v) is 4.77. The number of rotatable bonds is 2. The standard InChI is InChI=1S/C5H8INOS/c6-2-1-4-3-7-5(9)8-4/h4H,1-3H2,(H,7,9)/t4-/m1/s1. The van der Waals surface area contributed by atoms with Gasteiger partial charge >= 0.3 is 0 Å². The molecule has 1 atom stereocenters. The molecule has 52 valence electrons. The molecule has 0 saturated carbocycles. The Morgan fingerprint density at radius 2 is 2.67 bits per heavy atom. The number of halogens is 1. The van der Waals surface area contributed by atoms with E-state index in [-0.39, 0.29) is 0 Å². The summed E-state index contributed by atoms with van der Waals surface area (Å²) in [6.07, 6.45) is 1.42. The fraction of sp³-hybridized carbons (Fsp3) is 0.800. The second-order valence-electron chi connectivity index (χ2n) is 1.89. The minimum atomic E-state index is 0.328. The van der Waals surface area contributed by atoms with E-state index >= 15 is 0 Å². The van der Waals surface area contributed by atoms with Gasteiger partial charge in [-0.1, -0.05) is 22.6 Å². The lowest BCUT2D eigenvalue weighted by Crippen LogP contribution is -2.14. The van der Waals surface area contributed by atoms with Gasteiger partial charge in [0.25, 0.3) is 5.17 Å². The molecule has 0 aliphatic carbocycles. The number of alkyl halides is 1. The van der Waals surface area contributed by atoms with Gasteiger partial charge in [-0.2, -0.15) is 0 Å². The highest BCUT2D eigenvalue weighted by Gasteiger charge is 2.17. The minimum absolute atomic E-state index is 0.328. The van der Waals surface area contributed by atoms with E-state index in [1.54, 1.807) is 0 Å². The van der Waals surface area contributed by atoms with Gasteiger partial charge in [0.1, 0.15) is 6.10 Å². The molecule has 1 aliphatic rings. The minimum Gasteiger partial charge on any atom is -0.466 e. The summed E-state index contributed by atoms with van der Waals surface area (Å²) in [7, 11) is 0. The van der Waals surface area contributed by atoms with Crippen LogP contribution in [0.15, 0.2) is 0 Å². The largest absolute Gasteiger partial charge is 0.466 e. The van der Waals surface area contributed by atoms with E-state index in [9.17, 15) is 0 Å². The first kappa shape index (κ1) is 7.53. The average molecular weight is 257 g/mol. The molecule has 1 saturated heterocycles. The fourth-order valence-electron chi connectivity index (χ4n) is 0.715. The van der Waals surface area contributed by atoms with Crippen molar-refractivity contribution in [1.29, 1.82) is 0 Å². The molecule has 4 heteroatoms. The van der Waals surface area contributed by atoms with Crippen molar-refractivity contribution in [2.45, 2.75) is 12.5 Å². The summed E-state index contributed by atoms with van der Waals surface area (Å²) in [5.74, 6) is 0. The van der Waals surface area contributed by atoms with Gasteiger partial charge in [0, 0.05) is 4.43 Å². The Morgan fingerprint density at radius 3 is 3.11 bits per heavy atom. The highest BCUT2D eigenvalue weighted by Crippen LogP contribution is 2.05. The molecule has 2 nitrogen and oxygen atoms in total. The zero-order valence-electron chi connectivity index (χ0n) is 4.89. The molecule has 0 aromatic rings. The Morgan fingerprint density at radius 1 is 1.89 bits per heavy atom. The third-order valence-corrected chi connectivity index (χ3v) is 2.04.